The molecule has 0 atom stereocenters. The van der Waals surface area contributed by atoms with Crippen molar-refractivity contribution >= 4 is 0 Å². The molecule has 0 aliphatic rings. The molecule has 0 aliphatic heterocycles. The molecule has 3 nitrogen and oxygen atoms in total. The summed E-state index contributed by atoms with van der Waals surface area (Å²) in [6.07, 6.45) is 4.43. The quantitative estimate of drug-likeness (QED) is 0.717. The Morgan fingerprint density at radius 3 is 2.44 bits per heavy atom. The Morgan fingerprint density at radius 2 is 1.88 bits per heavy atom. The third-order valence-electron chi connectivity index (χ3n) is 3.01. The van der Waals surface area contributed by atoms with E-state index in [-0.39, 0.29) is 0 Å². The van der Waals surface area contributed by atoms with Crippen molar-refractivity contribution in [2.75, 3.05) is 13.1 Å². The molecule has 0 unspecified atom stereocenters. The Labute approximate surface area is 99.2 Å². The van der Waals surface area contributed by atoms with E-state index in [1.165, 1.54) is 23.4 Å². The molecule has 0 saturated carbocycles. The molecule has 0 amide bonds. The van der Waals surface area contributed by atoms with E-state index in [9.17, 15) is 0 Å². The van der Waals surface area contributed by atoms with E-state index >= 15 is 0 Å². The maximum Gasteiger partial charge on any atom is 0.0657 e. The van der Waals surface area contributed by atoms with Crippen LogP contribution in [0.4, 0.5) is 0 Å². The molecule has 1 aromatic rings. The van der Waals surface area contributed by atoms with E-state index in [0.29, 0.717) is 0 Å². The van der Waals surface area contributed by atoms with Crippen molar-refractivity contribution in [1.82, 2.24) is 15.1 Å². The van der Waals surface area contributed by atoms with Gasteiger partial charge >= 0.3 is 0 Å². The second-order valence-corrected chi connectivity index (χ2v) is 4.20. The molecule has 0 aliphatic carbocycles. The van der Waals surface area contributed by atoms with Crippen molar-refractivity contribution in [2.45, 2.75) is 46.5 Å². The Balaban J connectivity index is 2.68. The predicted molar refractivity (Wildman–Crippen MR) is 68.8 cm³/mol. The SMILES string of the molecule is CCCNCCc1c(CC)nn(C)c1CC. The second kappa shape index (κ2) is 6.69. The van der Waals surface area contributed by atoms with Gasteiger partial charge in [-0.1, -0.05) is 20.8 Å². The van der Waals surface area contributed by atoms with Crippen molar-refractivity contribution in [3.05, 3.63) is 17.0 Å². The first-order valence-electron chi connectivity index (χ1n) is 6.48. The minimum Gasteiger partial charge on any atom is -0.316 e. The third-order valence-corrected chi connectivity index (χ3v) is 3.01. The first-order valence-corrected chi connectivity index (χ1v) is 6.48. The second-order valence-electron chi connectivity index (χ2n) is 4.20. The summed E-state index contributed by atoms with van der Waals surface area (Å²) in [4.78, 5) is 0. The normalized spacial score (nSPS) is 11.0. The highest BCUT2D eigenvalue weighted by Gasteiger charge is 2.12. The molecule has 92 valence electrons. The van der Waals surface area contributed by atoms with Crippen LogP contribution in [0.25, 0.3) is 0 Å². The van der Waals surface area contributed by atoms with Crippen LogP contribution in [0.5, 0.6) is 0 Å². The molecule has 1 aromatic heterocycles. The zero-order chi connectivity index (χ0) is 12.0. The van der Waals surface area contributed by atoms with Gasteiger partial charge in [-0.2, -0.15) is 5.10 Å². The summed E-state index contributed by atoms with van der Waals surface area (Å²) in [5.74, 6) is 0. The lowest BCUT2D eigenvalue weighted by atomic mass is 10.1. The van der Waals surface area contributed by atoms with Crippen molar-refractivity contribution in [3.8, 4) is 0 Å². The fraction of sp³-hybridized carbons (Fsp3) is 0.769. The Morgan fingerprint density at radius 1 is 1.12 bits per heavy atom. The van der Waals surface area contributed by atoms with Crippen LogP contribution in [0.1, 0.15) is 44.1 Å². The lowest BCUT2D eigenvalue weighted by Gasteiger charge is -2.06. The molecule has 1 heterocycles. The van der Waals surface area contributed by atoms with Crippen molar-refractivity contribution < 1.29 is 0 Å². The Kier molecular flexibility index (Phi) is 5.53. The molecule has 16 heavy (non-hydrogen) atoms. The summed E-state index contributed by atoms with van der Waals surface area (Å²) < 4.78 is 2.05. The minimum atomic E-state index is 1.04. The zero-order valence-electron chi connectivity index (χ0n) is 11.1. The van der Waals surface area contributed by atoms with Gasteiger partial charge in [0.15, 0.2) is 0 Å². The van der Waals surface area contributed by atoms with Gasteiger partial charge in [-0.3, -0.25) is 4.68 Å². The topological polar surface area (TPSA) is 29.9 Å². The number of nitrogens with one attached hydrogen (secondary N) is 1. The molecule has 0 spiro atoms. The fourth-order valence-corrected chi connectivity index (χ4v) is 2.19. The van der Waals surface area contributed by atoms with E-state index in [1.54, 1.807) is 0 Å². The molecule has 1 N–H and O–H groups in total. The summed E-state index contributed by atoms with van der Waals surface area (Å²) in [5.41, 5.74) is 4.14. The standard InChI is InChI=1S/C13H25N3/c1-5-9-14-10-8-11-12(6-2)15-16(4)13(11)7-3/h14H,5-10H2,1-4H3. The number of nitrogens with zero attached hydrogens (tertiary/aromatic N) is 2. The Hall–Kier alpha value is -0.830. The zero-order valence-corrected chi connectivity index (χ0v) is 11.1. The molecular weight excluding hydrogens is 198 g/mol. The smallest absolute Gasteiger partial charge is 0.0657 e. The van der Waals surface area contributed by atoms with Gasteiger partial charge in [0.05, 0.1) is 5.69 Å². The molecule has 0 aromatic carbocycles. The van der Waals surface area contributed by atoms with Crippen LogP contribution < -0.4 is 5.32 Å². The monoisotopic (exact) mass is 223 g/mol. The molecule has 1 rings (SSSR count). The van der Waals surface area contributed by atoms with E-state index in [1.807, 2.05) is 4.68 Å². The molecule has 0 saturated heterocycles. The van der Waals surface area contributed by atoms with Crippen molar-refractivity contribution in [1.29, 1.82) is 0 Å². The summed E-state index contributed by atoms with van der Waals surface area (Å²) in [7, 11) is 2.06. The molecular formula is C13H25N3. The lowest BCUT2D eigenvalue weighted by molar-refractivity contribution is 0.665. The van der Waals surface area contributed by atoms with E-state index in [4.69, 9.17) is 0 Å². The van der Waals surface area contributed by atoms with Crippen LogP contribution >= 0.6 is 0 Å². The molecule has 0 bridgehead atoms. The lowest BCUT2D eigenvalue weighted by Crippen LogP contribution is -2.18. The summed E-state index contributed by atoms with van der Waals surface area (Å²) in [5, 5.41) is 8.05. The van der Waals surface area contributed by atoms with Gasteiger partial charge < -0.3 is 5.32 Å². The van der Waals surface area contributed by atoms with Gasteiger partial charge in [-0.25, -0.2) is 0 Å². The Bertz CT molecular complexity index is 315. The van der Waals surface area contributed by atoms with Crippen LogP contribution in [0.3, 0.4) is 0 Å². The number of hydrogen-bond acceptors (Lipinski definition) is 2. The molecule has 0 fully saturated rings. The van der Waals surface area contributed by atoms with Crippen LogP contribution in [0.2, 0.25) is 0 Å². The summed E-state index contributed by atoms with van der Waals surface area (Å²) in [6, 6.07) is 0. The van der Waals surface area contributed by atoms with Gasteiger partial charge in [0.25, 0.3) is 0 Å². The van der Waals surface area contributed by atoms with E-state index in [2.05, 4.69) is 38.2 Å². The minimum absolute atomic E-state index is 1.04. The largest absolute Gasteiger partial charge is 0.316 e. The maximum atomic E-state index is 4.59. The highest BCUT2D eigenvalue weighted by molar-refractivity contribution is 5.27. The summed E-state index contributed by atoms with van der Waals surface area (Å²) in [6.45, 7) is 8.78. The van der Waals surface area contributed by atoms with Gasteiger partial charge in [0.1, 0.15) is 0 Å². The maximum absolute atomic E-state index is 4.59. The fourth-order valence-electron chi connectivity index (χ4n) is 2.19. The highest BCUT2D eigenvalue weighted by atomic mass is 15.3. The van der Waals surface area contributed by atoms with E-state index in [0.717, 1.165) is 32.4 Å². The molecule has 3 heteroatoms. The van der Waals surface area contributed by atoms with Crippen LogP contribution in [-0.2, 0) is 26.3 Å². The summed E-state index contributed by atoms with van der Waals surface area (Å²) >= 11 is 0. The number of hydrogen-bond donors (Lipinski definition) is 1. The first-order chi connectivity index (χ1) is 7.74. The van der Waals surface area contributed by atoms with Gasteiger partial charge in [0.2, 0.25) is 0 Å². The average Bonchev–Trinajstić information content (AvgIpc) is 2.60. The van der Waals surface area contributed by atoms with E-state index < -0.39 is 0 Å². The number of aromatic nitrogens is 2. The van der Waals surface area contributed by atoms with Crippen LogP contribution in [-0.4, -0.2) is 22.9 Å². The predicted octanol–water partition coefficient (Wildman–Crippen LogP) is 2.09. The first kappa shape index (κ1) is 13.2. The average molecular weight is 223 g/mol. The van der Waals surface area contributed by atoms with Crippen LogP contribution in [0, 0.1) is 0 Å². The van der Waals surface area contributed by atoms with Gasteiger partial charge in [-0.15, -0.1) is 0 Å². The number of rotatable bonds is 7. The van der Waals surface area contributed by atoms with Crippen molar-refractivity contribution in [3.63, 3.8) is 0 Å². The van der Waals surface area contributed by atoms with Crippen LogP contribution in [0.15, 0.2) is 0 Å². The molecule has 0 radical (unpaired) electrons. The third kappa shape index (κ3) is 3.08. The van der Waals surface area contributed by atoms with Gasteiger partial charge in [0, 0.05) is 12.7 Å². The number of aryl methyl sites for hydroxylation is 2. The highest BCUT2D eigenvalue weighted by Crippen LogP contribution is 2.15. The van der Waals surface area contributed by atoms with Gasteiger partial charge in [-0.05, 0) is 44.3 Å². The van der Waals surface area contributed by atoms with Crippen molar-refractivity contribution in [2.24, 2.45) is 7.05 Å².